The lowest BCUT2D eigenvalue weighted by Gasteiger charge is -2.36. The molecule has 2 aromatic carbocycles. The van der Waals surface area contributed by atoms with Crippen LogP contribution in [0.4, 0.5) is 5.69 Å². The lowest BCUT2D eigenvalue weighted by Crippen LogP contribution is -2.37. The standard InChI is InChI=1S/C24H31N3/c1-23(2,3)21-11-7-9-18-14-27(16-26-22(18)21)15-24(4,5)20-10-6-8-17-12-25-13-19(17)20/h6-11,16,25H,12-15H2,1-5H3. The van der Waals surface area contributed by atoms with E-state index in [1.807, 2.05) is 0 Å². The number of hydrogen-bond acceptors (Lipinski definition) is 3. The molecule has 2 aromatic rings. The summed E-state index contributed by atoms with van der Waals surface area (Å²) in [6.07, 6.45) is 2.06. The van der Waals surface area contributed by atoms with Crippen molar-refractivity contribution in [1.82, 2.24) is 10.2 Å². The smallest absolute Gasteiger partial charge is 0.0915 e. The Hall–Kier alpha value is -2.13. The zero-order valence-electron chi connectivity index (χ0n) is 17.3. The van der Waals surface area contributed by atoms with Crippen LogP contribution in [0.1, 0.15) is 62.4 Å². The molecule has 0 spiro atoms. The minimum Gasteiger partial charge on any atom is -0.357 e. The molecular weight excluding hydrogens is 330 g/mol. The summed E-state index contributed by atoms with van der Waals surface area (Å²) in [4.78, 5) is 7.25. The normalized spacial score (nSPS) is 16.4. The molecule has 3 heteroatoms. The third-order valence-electron chi connectivity index (χ3n) is 5.87. The van der Waals surface area contributed by atoms with Gasteiger partial charge in [-0.05, 0) is 33.2 Å². The van der Waals surface area contributed by atoms with Crippen LogP contribution in [-0.4, -0.2) is 17.8 Å². The quantitative estimate of drug-likeness (QED) is 0.829. The zero-order chi connectivity index (χ0) is 19.2. The van der Waals surface area contributed by atoms with Crippen LogP contribution in [0.25, 0.3) is 0 Å². The second-order valence-corrected chi connectivity index (χ2v) is 9.64. The minimum absolute atomic E-state index is 0.0719. The number of nitrogens with zero attached hydrogens (tertiary/aromatic N) is 2. The second-order valence-electron chi connectivity index (χ2n) is 9.64. The van der Waals surface area contributed by atoms with Gasteiger partial charge in [-0.25, -0.2) is 4.99 Å². The summed E-state index contributed by atoms with van der Waals surface area (Å²) in [5, 5.41) is 3.50. The van der Waals surface area contributed by atoms with Crippen molar-refractivity contribution in [3.63, 3.8) is 0 Å². The van der Waals surface area contributed by atoms with Crippen LogP contribution in [0.3, 0.4) is 0 Å². The molecule has 0 aliphatic carbocycles. The number of fused-ring (bicyclic) bond motifs is 2. The Balaban J connectivity index is 1.59. The Labute approximate surface area is 163 Å². The maximum Gasteiger partial charge on any atom is 0.0915 e. The highest BCUT2D eigenvalue weighted by atomic mass is 15.2. The molecule has 0 amide bonds. The molecule has 0 bridgehead atoms. The van der Waals surface area contributed by atoms with Gasteiger partial charge in [0.2, 0.25) is 0 Å². The Morgan fingerprint density at radius 1 is 0.926 bits per heavy atom. The van der Waals surface area contributed by atoms with E-state index in [9.17, 15) is 0 Å². The van der Waals surface area contributed by atoms with E-state index >= 15 is 0 Å². The van der Waals surface area contributed by atoms with Gasteiger partial charge in [0, 0.05) is 31.6 Å². The molecule has 3 nitrogen and oxygen atoms in total. The van der Waals surface area contributed by atoms with Crippen molar-refractivity contribution in [3.05, 3.63) is 64.2 Å². The maximum atomic E-state index is 4.88. The summed E-state index contributed by atoms with van der Waals surface area (Å²) in [7, 11) is 0. The van der Waals surface area contributed by atoms with Gasteiger partial charge in [-0.1, -0.05) is 71.0 Å². The molecule has 2 aliphatic heterocycles. The van der Waals surface area contributed by atoms with Gasteiger partial charge >= 0.3 is 0 Å². The van der Waals surface area contributed by atoms with Crippen molar-refractivity contribution in [2.75, 3.05) is 6.54 Å². The van der Waals surface area contributed by atoms with E-state index < -0.39 is 0 Å². The highest BCUT2D eigenvalue weighted by molar-refractivity contribution is 5.70. The first-order chi connectivity index (χ1) is 12.8. The van der Waals surface area contributed by atoms with E-state index in [4.69, 9.17) is 4.99 Å². The summed E-state index contributed by atoms with van der Waals surface area (Å²) in [6, 6.07) is 13.4. The summed E-state index contributed by atoms with van der Waals surface area (Å²) in [5.74, 6) is 0. The number of benzene rings is 2. The van der Waals surface area contributed by atoms with Crippen molar-refractivity contribution in [1.29, 1.82) is 0 Å². The summed E-state index contributed by atoms with van der Waals surface area (Å²) in [5.41, 5.74) is 8.43. The summed E-state index contributed by atoms with van der Waals surface area (Å²) >= 11 is 0. The van der Waals surface area contributed by atoms with Gasteiger partial charge in [0.1, 0.15) is 0 Å². The molecule has 0 fully saturated rings. The Morgan fingerprint density at radius 3 is 2.37 bits per heavy atom. The van der Waals surface area contributed by atoms with E-state index in [1.54, 1.807) is 0 Å². The van der Waals surface area contributed by atoms with Crippen LogP contribution in [0, 0.1) is 0 Å². The Kier molecular flexibility index (Phi) is 4.38. The Bertz CT molecular complexity index is 887. The maximum absolute atomic E-state index is 4.88. The van der Waals surface area contributed by atoms with Gasteiger partial charge in [0.25, 0.3) is 0 Å². The third kappa shape index (κ3) is 3.41. The third-order valence-corrected chi connectivity index (χ3v) is 5.87. The fraction of sp³-hybridized carbons (Fsp3) is 0.458. The zero-order valence-corrected chi connectivity index (χ0v) is 17.3. The fourth-order valence-corrected chi connectivity index (χ4v) is 4.53. The number of nitrogens with one attached hydrogen (secondary N) is 1. The Morgan fingerprint density at radius 2 is 1.63 bits per heavy atom. The van der Waals surface area contributed by atoms with Gasteiger partial charge in [-0.3, -0.25) is 0 Å². The first kappa shape index (κ1) is 18.2. The topological polar surface area (TPSA) is 27.6 Å². The molecule has 0 unspecified atom stereocenters. The minimum atomic E-state index is 0.0719. The molecule has 0 aromatic heterocycles. The molecule has 4 rings (SSSR count). The number of hydrogen-bond donors (Lipinski definition) is 1. The molecule has 2 aliphatic rings. The predicted molar refractivity (Wildman–Crippen MR) is 114 cm³/mol. The predicted octanol–water partition coefficient (Wildman–Crippen LogP) is 5.04. The van der Waals surface area contributed by atoms with Crippen molar-refractivity contribution >= 4 is 12.0 Å². The van der Waals surface area contributed by atoms with E-state index in [1.165, 1.54) is 33.5 Å². The first-order valence-corrected chi connectivity index (χ1v) is 9.98. The van der Waals surface area contributed by atoms with Gasteiger partial charge in [-0.15, -0.1) is 0 Å². The average Bonchev–Trinajstić information content (AvgIpc) is 3.08. The van der Waals surface area contributed by atoms with E-state index in [0.29, 0.717) is 0 Å². The first-order valence-electron chi connectivity index (χ1n) is 9.98. The van der Waals surface area contributed by atoms with E-state index in [2.05, 4.69) is 87.6 Å². The summed E-state index contributed by atoms with van der Waals surface area (Å²) < 4.78 is 0. The van der Waals surface area contributed by atoms with E-state index in [-0.39, 0.29) is 10.8 Å². The average molecular weight is 362 g/mol. The molecule has 0 saturated carbocycles. The van der Waals surface area contributed by atoms with Gasteiger partial charge < -0.3 is 10.2 Å². The molecule has 2 heterocycles. The van der Waals surface area contributed by atoms with Crippen molar-refractivity contribution in [2.24, 2.45) is 4.99 Å². The lowest BCUT2D eigenvalue weighted by atomic mass is 9.80. The van der Waals surface area contributed by atoms with Crippen LogP contribution in [-0.2, 0) is 30.5 Å². The monoisotopic (exact) mass is 361 g/mol. The molecule has 0 radical (unpaired) electrons. The molecule has 27 heavy (non-hydrogen) atoms. The molecule has 0 saturated heterocycles. The fourth-order valence-electron chi connectivity index (χ4n) is 4.53. The van der Waals surface area contributed by atoms with Gasteiger partial charge in [0.05, 0.1) is 12.0 Å². The van der Waals surface area contributed by atoms with Gasteiger partial charge in [-0.2, -0.15) is 0 Å². The van der Waals surface area contributed by atoms with Crippen LogP contribution in [0.15, 0.2) is 41.4 Å². The SMILES string of the molecule is CC(C)(C)c1cccc2c1N=CN(CC(C)(C)c1cccc3c1CNC3)C2. The number of para-hydroxylation sites is 1. The second kappa shape index (κ2) is 6.49. The molecular formula is C24H31N3. The van der Waals surface area contributed by atoms with Crippen molar-refractivity contribution in [2.45, 2.75) is 65.1 Å². The van der Waals surface area contributed by atoms with Crippen LogP contribution in [0.5, 0.6) is 0 Å². The van der Waals surface area contributed by atoms with Crippen LogP contribution < -0.4 is 5.32 Å². The van der Waals surface area contributed by atoms with Crippen molar-refractivity contribution < 1.29 is 0 Å². The van der Waals surface area contributed by atoms with Gasteiger partial charge in [0.15, 0.2) is 0 Å². The number of aliphatic imine (C=N–C) groups is 1. The van der Waals surface area contributed by atoms with Crippen molar-refractivity contribution in [3.8, 4) is 0 Å². The number of rotatable bonds is 3. The highest BCUT2D eigenvalue weighted by Gasteiger charge is 2.30. The molecule has 142 valence electrons. The molecule has 1 N–H and O–H groups in total. The largest absolute Gasteiger partial charge is 0.357 e. The van der Waals surface area contributed by atoms with E-state index in [0.717, 1.165) is 26.2 Å². The van der Waals surface area contributed by atoms with Crippen LogP contribution in [0.2, 0.25) is 0 Å². The van der Waals surface area contributed by atoms with Crippen LogP contribution >= 0.6 is 0 Å². The highest BCUT2D eigenvalue weighted by Crippen LogP contribution is 2.37. The summed E-state index contributed by atoms with van der Waals surface area (Å²) in [6.45, 7) is 15.4. The molecule has 0 atom stereocenters. The lowest BCUT2D eigenvalue weighted by molar-refractivity contribution is 0.325.